The fourth-order valence-electron chi connectivity index (χ4n) is 3.37. The Labute approximate surface area is 196 Å². The molecule has 0 spiro atoms. The Hall–Kier alpha value is -4.21. The van der Waals surface area contributed by atoms with Gasteiger partial charge in [-0.1, -0.05) is 32.0 Å². The number of fused-ring (bicyclic) bond motifs is 1. The van der Waals surface area contributed by atoms with Crippen LogP contribution in [0.3, 0.4) is 0 Å². The number of hydrazine groups is 1. The molecular formula is C24H27N5O5. The van der Waals surface area contributed by atoms with E-state index in [2.05, 4.69) is 21.3 Å². The molecule has 0 saturated heterocycles. The van der Waals surface area contributed by atoms with Crippen molar-refractivity contribution in [2.45, 2.75) is 33.4 Å². The molecule has 1 atom stereocenters. The highest BCUT2D eigenvalue weighted by Gasteiger charge is 2.26. The molecule has 0 bridgehead atoms. The molecule has 3 rings (SSSR count). The minimum Gasteiger partial charge on any atom is -0.497 e. The lowest BCUT2D eigenvalue weighted by Crippen LogP contribution is -2.54. The summed E-state index contributed by atoms with van der Waals surface area (Å²) in [5.74, 6) is -1.38. The molecule has 178 valence electrons. The molecular weight excluding hydrogens is 438 g/mol. The summed E-state index contributed by atoms with van der Waals surface area (Å²) in [6, 6.07) is 12.2. The van der Waals surface area contributed by atoms with E-state index >= 15 is 0 Å². The predicted octanol–water partition coefficient (Wildman–Crippen LogP) is 1.64. The number of nitrogens with zero attached hydrogens (tertiary/aromatic N) is 2. The van der Waals surface area contributed by atoms with E-state index in [1.165, 1.54) is 11.8 Å². The standard InChI is InChI=1S/C24H27N5O5/c1-5-29-24(33)18-9-7-6-8-17(18)20(28-29)23(32)27-26-22(31)19(14(2)3)25-21(30)15-10-12-16(34-4)13-11-15/h6-14,19H,5H2,1-4H3,(H,25,30)(H,26,31)(H,27,32)/t19-/m0/s1. The number of nitrogens with one attached hydrogen (secondary N) is 3. The molecule has 0 fully saturated rings. The van der Waals surface area contributed by atoms with Crippen molar-refractivity contribution in [3.63, 3.8) is 0 Å². The average Bonchev–Trinajstić information content (AvgIpc) is 2.85. The number of aryl methyl sites for hydroxylation is 1. The van der Waals surface area contributed by atoms with Gasteiger partial charge in [-0.2, -0.15) is 5.10 Å². The second-order valence-corrected chi connectivity index (χ2v) is 7.88. The van der Waals surface area contributed by atoms with Crippen LogP contribution in [0.15, 0.2) is 53.3 Å². The summed E-state index contributed by atoms with van der Waals surface area (Å²) < 4.78 is 6.27. The lowest BCUT2D eigenvalue weighted by atomic mass is 10.0. The van der Waals surface area contributed by atoms with Gasteiger partial charge in [0.25, 0.3) is 23.3 Å². The number of carbonyl (C=O) groups is 3. The van der Waals surface area contributed by atoms with Gasteiger partial charge in [0.1, 0.15) is 11.8 Å². The molecule has 1 aromatic heterocycles. The number of benzene rings is 2. The number of amides is 3. The van der Waals surface area contributed by atoms with Crippen LogP contribution in [-0.4, -0.2) is 40.7 Å². The SMILES string of the molecule is CCn1nc(C(=O)NNC(=O)[C@@H](NC(=O)c2ccc(OC)cc2)C(C)C)c2ccccc2c1=O. The Morgan fingerprint density at radius 2 is 1.62 bits per heavy atom. The van der Waals surface area contributed by atoms with Crippen molar-refractivity contribution in [3.8, 4) is 5.75 Å². The summed E-state index contributed by atoms with van der Waals surface area (Å²) in [6.07, 6.45) is 0. The fourth-order valence-corrected chi connectivity index (χ4v) is 3.37. The van der Waals surface area contributed by atoms with Crippen molar-refractivity contribution in [3.05, 3.63) is 70.1 Å². The van der Waals surface area contributed by atoms with Crippen LogP contribution < -0.4 is 26.5 Å². The number of ether oxygens (including phenoxy) is 1. The summed E-state index contributed by atoms with van der Waals surface area (Å²) >= 11 is 0. The number of hydrogen-bond donors (Lipinski definition) is 3. The van der Waals surface area contributed by atoms with Gasteiger partial charge < -0.3 is 10.1 Å². The van der Waals surface area contributed by atoms with Gasteiger partial charge in [-0.25, -0.2) is 4.68 Å². The van der Waals surface area contributed by atoms with E-state index in [1.54, 1.807) is 69.3 Å². The van der Waals surface area contributed by atoms with E-state index in [9.17, 15) is 19.2 Å². The van der Waals surface area contributed by atoms with Gasteiger partial charge in [0.2, 0.25) is 0 Å². The van der Waals surface area contributed by atoms with E-state index in [-0.39, 0.29) is 23.7 Å². The minimum atomic E-state index is -0.913. The van der Waals surface area contributed by atoms with Gasteiger partial charge in [0.15, 0.2) is 5.69 Å². The van der Waals surface area contributed by atoms with Crippen LogP contribution >= 0.6 is 0 Å². The van der Waals surface area contributed by atoms with Gasteiger partial charge in [-0.15, -0.1) is 0 Å². The van der Waals surface area contributed by atoms with Crippen molar-refractivity contribution in [1.82, 2.24) is 25.9 Å². The van der Waals surface area contributed by atoms with Crippen molar-refractivity contribution in [2.75, 3.05) is 7.11 Å². The normalized spacial score (nSPS) is 11.7. The summed E-state index contributed by atoms with van der Waals surface area (Å²) in [7, 11) is 1.53. The van der Waals surface area contributed by atoms with Crippen LogP contribution in [0, 0.1) is 5.92 Å². The summed E-state index contributed by atoms with van der Waals surface area (Å²) in [4.78, 5) is 50.7. The second kappa shape index (κ2) is 10.6. The summed E-state index contributed by atoms with van der Waals surface area (Å²) in [6.45, 7) is 5.56. The second-order valence-electron chi connectivity index (χ2n) is 7.88. The van der Waals surface area contributed by atoms with Gasteiger partial charge >= 0.3 is 0 Å². The topological polar surface area (TPSA) is 131 Å². The van der Waals surface area contributed by atoms with Crippen LogP contribution in [0.25, 0.3) is 10.8 Å². The Kier molecular flexibility index (Phi) is 7.62. The first-order valence-corrected chi connectivity index (χ1v) is 10.8. The molecule has 0 aliphatic rings. The van der Waals surface area contributed by atoms with E-state index in [0.717, 1.165) is 0 Å². The maximum absolute atomic E-state index is 12.8. The molecule has 0 saturated carbocycles. The Balaban J connectivity index is 1.74. The smallest absolute Gasteiger partial charge is 0.290 e. The van der Waals surface area contributed by atoms with Crippen molar-refractivity contribution >= 4 is 28.5 Å². The molecule has 0 aliphatic carbocycles. The van der Waals surface area contributed by atoms with E-state index < -0.39 is 23.8 Å². The highest BCUT2D eigenvalue weighted by atomic mass is 16.5. The number of carbonyl (C=O) groups excluding carboxylic acids is 3. The zero-order chi connectivity index (χ0) is 24.8. The molecule has 0 aliphatic heterocycles. The lowest BCUT2D eigenvalue weighted by Gasteiger charge is -2.22. The molecule has 0 unspecified atom stereocenters. The number of rotatable bonds is 7. The Morgan fingerprint density at radius 3 is 2.21 bits per heavy atom. The van der Waals surface area contributed by atoms with E-state index in [1.807, 2.05) is 0 Å². The quantitative estimate of drug-likeness (QED) is 0.455. The molecule has 10 heteroatoms. The van der Waals surface area contributed by atoms with Crippen molar-refractivity contribution in [1.29, 1.82) is 0 Å². The van der Waals surface area contributed by atoms with E-state index in [4.69, 9.17) is 4.74 Å². The first kappa shape index (κ1) is 24.4. The largest absolute Gasteiger partial charge is 0.497 e. The highest BCUT2D eigenvalue weighted by molar-refractivity contribution is 6.05. The summed E-state index contributed by atoms with van der Waals surface area (Å²) in [5.41, 5.74) is 4.75. The first-order valence-electron chi connectivity index (χ1n) is 10.8. The van der Waals surface area contributed by atoms with Crippen LogP contribution in [0.2, 0.25) is 0 Å². The summed E-state index contributed by atoms with van der Waals surface area (Å²) in [5, 5.41) is 7.55. The molecule has 10 nitrogen and oxygen atoms in total. The number of aromatic nitrogens is 2. The monoisotopic (exact) mass is 465 g/mol. The fraction of sp³-hybridized carbons (Fsp3) is 0.292. The molecule has 3 aromatic rings. The molecule has 0 radical (unpaired) electrons. The van der Waals surface area contributed by atoms with Gasteiger partial charge in [0, 0.05) is 17.5 Å². The maximum atomic E-state index is 12.8. The average molecular weight is 466 g/mol. The first-order chi connectivity index (χ1) is 16.3. The minimum absolute atomic E-state index is 0.000662. The van der Waals surface area contributed by atoms with Crippen LogP contribution in [0.4, 0.5) is 0 Å². The predicted molar refractivity (Wildman–Crippen MR) is 126 cm³/mol. The van der Waals surface area contributed by atoms with Crippen LogP contribution in [-0.2, 0) is 11.3 Å². The van der Waals surface area contributed by atoms with Crippen LogP contribution in [0.1, 0.15) is 41.6 Å². The molecule has 3 N–H and O–H groups in total. The zero-order valence-corrected chi connectivity index (χ0v) is 19.4. The maximum Gasteiger partial charge on any atom is 0.290 e. The third kappa shape index (κ3) is 5.22. The van der Waals surface area contributed by atoms with Crippen molar-refractivity contribution in [2.24, 2.45) is 5.92 Å². The van der Waals surface area contributed by atoms with Gasteiger partial charge in [-0.05, 0) is 43.2 Å². The Bertz CT molecular complexity index is 1270. The van der Waals surface area contributed by atoms with Crippen LogP contribution in [0.5, 0.6) is 5.75 Å². The van der Waals surface area contributed by atoms with Gasteiger partial charge in [0.05, 0.1) is 12.5 Å². The number of hydrogen-bond acceptors (Lipinski definition) is 6. The molecule has 3 amide bonds. The third-order valence-corrected chi connectivity index (χ3v) is 5.27. The third-order valence-electron chi connectivity index (χ3n) is 5.27. The lowest BCUT2D eigenvalue weighted by molar-refractivity contribution is -0.124. The number of methoxy groups -OCH3 is 1. The van der Waals surface area contributed by atoms with Crippen molar-refractivity contribution < 1.29 is 19.1 Å². The van der Waals surface area contributed by atoms with Gasteiger partial charge in [-0.3, -0.25) is 30.0 Å². The Morgan fingerprint density at radius 1 is 0.971 bits per heavy atom. The molecule has 1 heterocycles. The van der Waals surface area contributed by atoms with E-state index in [0.29, 0.717) is 22.1 Å². The molecule has 2 aromatic carbocycles. The zero-order valence-electron chi connectivity index (χ0n) is 19.4. The highest BCUT2D eigenvalue weighted by Crippen LogP contribution is 2.14. The molecule has 34 heavy (non-hydrogen) atoms.